The summed E-state index contributed by atoms with van der Waals surface area (Å²) >= 11 is 0. The molecule has 0 amide bonds. The molecule has 0 aliphatic carbocycles. The van der Waals surface area contributed by atoms with Gasteiger partial charge in [-0.25, -0.2) is 0 Å². The second kappa shape index (κ2) is 5.05. The van der Waals surface area contributed by atoms with Crippen LogP contribution in [-0.2, 0) is 0 Å². The second-order valence-electron chi connectivity index (χ2n) is 3.13. The van der Waals surface area contributed by atoms with Crippen LogP contribution in [0, 0.1) is 5.92 Å². The van der Waals surface area contributed by atoms with E-state index in [0.29, 0.717) is 12.0 Å². The van der Waals surface area contributed by atoms with Gasteiger partial charge in [0.2, 0.25) is 0 Å². The van der Waals surface area contributed by atoms with Crippen molar-refractivity contribution in [3.05, 3.63) is 11.8 Å². The Morgan fingerprint density at radius 3 is 2.18 bits per heavy atom. The zero-order chi connectivity index (χ0) is 8.85. The topological polar surface area (TPSA) is 24.7 Å². The Morgan fingerprint density at radius 1 is 1.27 bits per heavy atom. The van der Waals surface area contributed by atoms with Crippen molar-refractivity contribution in [3.8, 4) is 0 Å². The van der Waals surface area contributed by atoms with E-state index < -0.39 is 0 Å². The van der Waals surface area contributed by atoms with Crippen LogP contribution in [0.15, 0.2) is 22.0 Å². The molecule has 0 radical (unpaired) electrons. The number of azo groups is 1. The molecular formula is C9H18N2. The third-order valence-corrected chi connectivity index (χ3v) is 1.78. The molecular weight excluding hydrogens is 136 g/mol. The summed E-state index contributed by atoms with van der Waals surface area (Å²) in [5.74, 6) is 0.573. The van der Waals surface area contributed by atoms with Crippen LogP contribution >= 0.6 is 0 Å². The van der Waals surface area contributed by atoms with Gasteiger partial charge in [-0.3, -0.25) is 0 Å². The van der Waals surface area contributed by atoms with Gasteiger partial charge in [-0.1, -0.05) is 19.9 Å². The molecule has 0 aromatic carbocycles. The van der Waals surface area contributed by atoms with Gasteiger partial charge < -0.3 is 0 Å². The van der Waals surface area contributed by atoms with Crippen molar-refractivity contribution in [1.29, 1.82) is 0 Å². The van der Waals surface area contributed by atoms with Crippen molar-refractivity contribution in [2.75, 3.05) is 0 Å². The molecule has 0 rings (SSSR count). The Morgan fingerprint density at radius 2 is 1.82 bits per heavy atom. The number of allylic oxidation sites excluding steroid dienone is 2. The Kier molecular flexibility index (Phi) is 4.75. The Bertz CT molecular complexity index is 157. The van der Waals surface area contributed by atoms with E-state index in [4.69, 9.17) is 0 Å². The van der Waals surface area contributed by atoms with Gasteiger partial charge in [-0.15, -0.1) is 0 Å². The van der Waals surface area contributed by atoms with Crippen LogP contribution in [0.5, 0.6) is 0 Å². The molecule has 2 heteroatoms. The molecule has 0 aliphatic heterocycles. The highest BCUT2D eigenvalue weighted by molar-refractivity contribution is 4.91. The largest absolute Gasteiger partial charge is 0.186 e. The lowest BCUT2D eigenvalue weighted by atomic mass is 10.1. The van der Waals surface area contributed by atoms with Gasteiger partial charge in [0.15, 0.2) is 0 Å². The molecule has 11 heavy (non-hydrogen) atoms. The highest BCUT2D eigenvalue weighted by Gasteiger charge is 2.03. The molecule has 0 fully saturated rings. The van der Waals surface area contributed by atoms with Crippen molar-refractivity contribution in [1.82, 2.24) is 0 Å². The predicted octanol–water partition coefficient (Wildman–Crippen LogP) is 3.41. The van der Waals surface area contributed by atoms with Crippen LogP contribution in [0.2, 0.25) is 0 Å². The van der Waals surface area contributed by atoms with E-state index >= 15 is 0 Å². The fourth-order valence-electron chi connectivity index (χ4n) is 0.373. The van der Waals surface area contributed by atoms with Crippen LogP contribution in [0.4, 0.5) is 0 Å². The Balaban J connectivity index is 3.93. The molecule has 0 aromatic rings. The fourth-order valence-corrected chi connectivity index (χ4v) is 0.373. The zero-order valence-corrected chi connectivity index (χ0v) is 8.13. The first-order valence-electron chi connectivity index (χ1n) is 4.11. The summed E-state index contributed by atoms with van der Waals surface area (Å²) in [4.78, 5) is 0. The van der Waals surface area contributed by atoms with Crippen LogP contribution < -0.4 is 0 Å². The van der Waals surface area contributed by atoms with Gasteiger partial charge in [0.05, 0.1) is 11.7 Å². The molecule has 1 atom stereocenters. The normalized spacial score (nSPS) is 16.4. The van der Waals surface area contributed by atoms with Crippen LogP contribution in [0.3, 0.4) is 0 Å². The average Bonchev–Trinajstić information content (AvgIpc) is 1.99. The monoisotopic (exact) mass is 154 g/mol. The highest BCUT2D eigenvalue weighted by Crippen LogP contribution is 2.07. The first-order chi connectivity index (χ1) is 5.07. The van der Waals surface area contributed by atoms with E-state index in [1.807, 2.05) is 19.9 Å². The maximum absolute atomic E-state index is 4.15. The molecule has 0 saturated carbocycles. The minimum absolute atomic E-state index is 0.324. The van der Waals surface area contributed by atoms with E-state index in [-0.39, 0.29) is 0 Å². The Labute approximate surface area is 69.4 Å². The van der Waals surface area contributed by atoms with E-state index in [9.17, 15) is 0 Å². The van der Waals surface area contributed by atoms with Crippen molar-refractivity contribution in [2.24, 2.45) is 16.1 Å². The standard InChI is InChI=1S/C9H18N2/c1-6-8(4)10-11-9(5)7(2)3/h6-7,9H,1-5H3/b8-6-,11-10?. The summed E-state index contributed by atoms with van der Waals surface area (Å²) in [6, 6.07) is 0.324. The van der Waals surface area contributed by atoms with Gasteiger partial charge in [-0.2, -0.15) is 10.2 Å². The third-order valence-electron chi connectivity index (χ3n) is 1.78. The molecule has 0 bridgehead atoms. The van der Waals surface area contributed by atoms with E-state index in [1.54, 1.807) is 0 Å². The first-order valence-corrected chi connectivity index (χ1v) is 4.11. The van der Waals surface area contributed by atoms with Gasteiger partial charge >= 0.3 is 0 Å². The van der Waals surface area contributed by atoms with Crippen molar-refractivity contribution >= 4 is 0 Å². The molecule has 0 heterocycles. The summed E-state index contributed by atoms with van der Waals surface area (Å²) in [6.45, 7) is 10.3. The second-order valence-corrected chi connectivity index (χ2v) is 3.13. The van der Waals surface area contributed by atoms with Gasteiger partial charge in [0.25, 0.3) is 0 Å². The first kappa shape index (κ1) is 10.3. The lowest BCUT2D eigenvalue weighted by molar-refractivity contribution is 0.511. The molecule has 2 nitrogen and oxygen atoms in total. The smallest absolute Gasteiger partial charge is 0.0707 e. The fraction of sp³-hybridized carbons (Fsp3) is 0.778. The Hall–Kier alpha value is -0.660. The summed E-state index contributed by atoms with van der Waals surface area (Å²) in [7, 11) is 0. The molecule has 0 saturated heterocycles. The molecule has 0 aromatic heterocycles. The van der Waals surface area contributed by atoms with Crippen molar-refractivity contribution in [3.63, 3.8) is 0 Å². The van der Waals surface area contributed by atoms with E-state index in [1.165, 1.54) is 0 Å². The summed E-state index contributed by atoms with van der Waals surface area (Å²) in [5.41, 5.74) is 0.984. The van der Waals surface area contributed by atoms with Gasteiger partial charge in [-0.05, 0) is 26.7 Å². The number of rotatable bonds is 3. The van der Waals surface area contributed by atoms with Gasteiger partial charge in [0, 0.05) is 0 Å². The third kappa shape index (κ3) is 4.71. The minimum atomic E-state index is 0.324. The summed E-state index contributed by atoms with van der Waals surface area (Å²) in [6.07, 6.45) is 1.95. The quantitative estimate of drug-likeness (QED) is 0.556. The molecule has 64 valence electrons. The van der Waals surface area contributed by atoms with Crippen LogP contribution in [-0.4, -0.2) is 6.04 Å². The van der Waals surface area contributed by atoms with E-state index in [0.717, 1.165) is 5.70 Å². The number of hydrogen-bond acceptors (Lipinski definition) is 2. The maximum Gasteiger partial charge on any atom is 0.0707 e. The SMILES string of the molecule is C/C=C(/C)N=NC(C)C(C)C. The summed E-state index contributed by atoms with van der Waals surface area (Å²) < 4.78 is 0. The predicted molar refractivity (Wildman–Crippen MR) is 48.6 cm³/mol. The molecule has 0 N–H and O–H groups in total. The molecule has 1 unspecified atom stereocenters. The van der Waals surface area contributed by atoms with Crippen LogP contribution in [0.1, 0.15) is 34.6 Å². The lowest BCUT2D eigenvalue weighted by Crippen LogP contribution is -2.05. The molecule has 0 spiro atoms. The van der Waals surface area contributed by atoms with Crippen molar-refractivity contribution in [2.45, 2.75) is 40.7 Å². The minimum Gasteiger partial charge on any atom is -0.186 e. The molecule has 0 aliphatic rings. The summed E-state index contributed by atoms with van der Waals surface area (Å²) in [5, 5.41) is 8.20. The number of hydrogen-bond donors (Lipinski definition) is 0. The average molecular weight is 154 g/mol. The lowest BCUT2D eigenvalue weighted by Gasteiger charge is -2.07. The maximum atomic E-state index is 4.15. The zero-order valence-electron chi connectivity index (χ0n) is 8.13. The van der Waals surface area contributed by atoms with Gasteiger partial charge in [0.1, 0.15) is 0 Å². The van der Waals surface area contributed by atoms with E-state index in [2.05, 4.69) is 31.0 Å². The highest BCUT2D eigenvalue weighted by atomic mass is 15.1. The number of nitrogens with zero attached hydrogens (tertiary/aromatic N) is 2. The van der Waals surface area contributed by atoms with Crippen molar-refractivity contribution < 1.29 is 0 Å². The van der Waals surface area contributed by atoms with Crippen LogP contribution in [0.25, 0.3) is 0 Å².